The summed E-state index contributed by atoms with van der Waals surface area (Å²) in [7, 11) is 0. The van der Waals surface area contributed by atoms with Crippen LogP contribution in [0, 0.1) is 5.92 Å². The number of carbonyl (C=O) groups is 4. The van der Waals surface area contributed by atoms with Gasteiger partial charge >= 0.3 is 11.9 Å². The summed E-state index contributed by atoms with van der Waals surface area (Å²) in [5.74, 6) is -2.69. The standard InChI is InChI=1S/C26H17Cl4NO6/c27-16-6-9-18(20(29)11-16)26(35)37-17-7-4-14(5-8-17)22(32)13-36-25(34)15-10-23(33)31(12-15)21-3-1-2-19(28)24(21)30/h1-9,11,15H,10,12-13H2/t15-/m0/s1. The summed E-state index contributed by atoms with van der Waals surface area (Å²) >= 11 is 24.1. The molecular formula is C26H17Cl4NO6. The highest BCUT2D eigenvalue weighted by atomic mass is 35.5. The van der Waals surface area contributed by atoms with E-state index in [-0.39, 0.29) is 50.8 Å². The Morgan fingerprint density at radius 3 is 2.35 bits per heavy atom. The summed E-state index contributed by atoms with van der Waals surface area (Å²) in [6.45, 7) is -0.454. The van der Waals surface area contributed by atoms with Crippen molar-refractivity contribution in [1.82, 2.24) is 0 Å². The van der Waals surface area contributed by atoms with E-state index in [2.05, 4.69) is 0 Å². The van der Waals surface area contributed by atoms with Crippen LogP contribution in [0.2, 0.25) is 20.1 Å². The fourth-order valence-electron chi connectivity index (χ4n) is 3.66. The van der Waals surface area contributed by atoms with Crippen LogP contribution in [0.3, 0.4) is 0 Å². The number of Topliss-reactive ketones (excluding diaryl/α,β-unsaturated/α-hetero) is 1. The van der Waals surface area contributed by atoms with E-state index in [9.17, 15) is 19.2 Å². The molecule has 1 fully saturated rings. The summed E-state index contributed by atoms with van der Waals surface area (Å²) < 4.78 is 10.4. The average molecular weight is 581 g/mol. The average Bonchev–Trinajstić information content (AvgIpc) is 3.25. The molecule has 0 unspecified atom stereocenters. The second kappa shape index (κ2) is 11.5. The van der Waals surface area contributed by atoms with Crippen molar-refractivity contribution in [2.24, 2.45) is 5.92 Å². The molecule has 1 saturated heterocycles. The molecule has 190 valence electrons. The highest BCUT2D eigenvalue weighted by Gasteiger charge is 2.37. The maximum absolute atomic E-state index is 12.5. The van der Waals surface area contributed by atoms with Gasteiger partial charge < -0.3 is 14.4 Å². The summed E-state index contributed by atoms with van der Waals surface area (Å²) in [5.41, 5.74) is 0.788. The van der Waals surface area contributed by atoms with Gasteiger partial charge in [0.1, 0.15) is 5.75 Å². The van der Waals surface area contributed by atoms with Crippen molar-refractivity contribution < 1.29 is 28.7 Å². The molecule has 37 heavy (non-hydrogen) atoms. The summed E-state index contributed by atoms with van der Waals surface area (Å²) in [6, 6.07) is 15.0. The molecule has 0 aromatic heterocycles. The van der Waals surface area contributed by atoms with Crippen molar-refractivity contribution in [3.63, 3.8) is 0 Å². The second-order valence-corrected chi connectivity index (χ2v) is 9.68. The number of halogens is 4. The molecule has 0 aliphatic carbocycles. The van der Waals surface area contributed by atoms with E-state index in [0.29, 0.717) is 10.7 Å². The third-order valence-electron chi connectivity index (χ3n) is 5.56. The van der Waals surface area contributed by atoms with E-state index in [1.54, 1.807) is 18.2 Å². The van der Waals surface area contributed by atoms with Gasteiger partial charge in [-0.1, -0.05) is 52.5 Å². The Bertz CT molecular complexity index is 1390. The van der Waals surface area contributed by atoms with Gasteiger partial charge in [0.15, 0.2) is 12.4 Å². The van der Waals surface area contributed by atoms with Gasteiger partial charge in [0, 0.05) is 23.6 Å². The lowest BCUT2D eigenvalue weighted by Crippen LogP contribution is -2.27. The molecule has 0 radical (unpaired) electrons. The second-order valence-electron chi connectivity index (χ2n) is 8.05. The summed E-state index contributed by atoms with van der Waals surface area (Å²) in [4.78, 5) is 51.2. The molecule has 1 atom stereocenters. The first-order valence-corrected chi connectivity index (χ1v) is 12.4. The van der Waals surface area contributed by atoms with Gasteiger partial charge in [-0.2, -0.15) is 0 Å². The van der Waals surface area contributed by atoms with Crippen molar-refractivity contribution in [2.45, 2.75) is 6.42 Å². The third-order valence-corrected chi connectivity index (χ3v) is 6.92. The summed E-state index contributed by atoms with van der Waals surface area (Å²) in [5, 5.41) is 1.03. The maximum Gasteiger partial charge on any atom is 0.345 e. The molecule has 3 aromatic carbocycles. The van der Waals surface area contributed by atoms with Crippen molar-refractivity contribution in [3.05, 3.63) is 91.9 Å². The zero-order valence-corrected chi connectivity index (χ0v) is 21.9. The normalized spacial score (nSPS) is 15.0. The van der Waals surface area contributed by atoms with Crippen molar-refractivity contribution in [2.75, 3.05) is 18.1 Å². The number of ketones is 1. The smallest absolute Gasteiger partial charge is 0.345 e. The zero-order chi connectivity index (χ0) is 26.7. The summed E-state index contributed by atoms with van der Waals surface area (Å²) in [6.07, 6.45) is -0.0758. The van der Waals surface area contributed by atoms with E-state index in [1.165, 1.54) is 47.4 Å². The first-order chi connectivity index (χ1) is 17.6. The maximum atomic E-state index is 12.5. The number of nitrogens with zero attached hydrogens (tertiary/aromatic N) is 1. The predicted octanol–water partition coefficient (Wildman–Crippen LogP) is 6.30. The topological polar surface area (TPSA) is 90.0 Å². The van der Waals surface area contributed by atoms with Crippen LogP contribution in [0.4, 0.5) is 5.69 Å². The van der Waals surface area contributed by atoms with Crippen LogP contribution in [0.5, 0.6) is 5.75 Å². The fraction of sp³-hybridized carbons (Fsp3) is 0.154. The molecule has 4 rings (SSSR count). The molecule has 7 nitrogen and oxygen atoms in total. The number of esters is 2. The molecule has 1 aliphatic heterocycles. The van der Waals surface area contributed by atoms with Gasteiger partial charge in [0.05, 0.1) is 32.2 Å². The lowest BCUT2D eigenvalue weighted by atomic mass is 10.1. The van der Waals surface area contributed by atoms with Gasteiger partial charge in [-0.15, -0.1) is 0 Å². The van der Waals surface area contributed by atoms with Crippen molar-refractivity contribution in [3.8, 4) is 5.75 Å². The van der Waals surface area contributed by atoms with E-state index in [0.717, 1.165) is 0 Å². The number of ether oxygens (including phenoxy) is 2. The van der Waals surface area contributed by atoms with Crippen LogP contribution >= 0.6 is 46.4 Å². The van der Waals surface area contributed by atoms with Crippen LogP contribution in [0.25, 0.3) is 0 Å². The van der Waals surface area contributed by atoms with E-state index in [4.69, 9.17) is 55.9 Å². The van der Waals surface area contributed by atoms with Crippen LogP contribution in [-0.2, 0) is 14.3 Å². The molecule has 1 aliphatic rings. The first kappa shape index (κ1) is 26.9. The number of anilines is 1. The minimum absolute atomic E-state index is 0.0591. The SMILES string of the molecule is O=C(COC(=O)[C@H]1CC(=O)N(c2cccc(Cl)c2Cl)C1)c1ccc(OC(=O)c2ccc(Cl)cc2Cl)cc1. The van der Waals surface area contributed by atoms with Crippen molar-refractivity contribution in [1.29, 1.82) is 0 Å². The van der Waals surface area contributed by atoms with E-state index < -0.39 is 30.2 Å². The minimum atomic E-state index is -0.753. The Balaban J connectivity index is 1.31. The first-order valence-electron chi connectivity index (χ1n) is 10.9. The predicted molar refractivity (Wildman–Crippen MR) is 140 cm³/mol. The Morgan fingerprint density at radius 2 is 1.65 bits per heavy atom. The van der Waals surface area contributed by atoms with Gasteiger partial charge in [-0.3, -0.25) is 14.4 Å². The Morgan fingerprint density at radius 1 is 0.919 bits per heavy atom. The monoisotopic (exact) mass is 579 g/mol. The zero-order valence-electron chi connectivity index (χ0n) is 18.9. The largest absolute Gasteiger partial charge is 0.457 e. The Labute approximate surface area is 231 Å². The molecule has 1 amide bonds. The number of benzene rings is 3. The highest BCUT2D eigenvalue weighted by molar-refractivity contribution is 6.44. The van der Waals surface area contributed by atoms with Gasteiger partial charge in [0.25, 0.3) is 0 Å². The number of hydrogen-bond acceptors (Lipinski definition) is 6. The van der Waals surface area contributed by atoms with E-state index >= 15 is 0 Å². The lowest BCUT2D eigenvalue weighted by molar-refractivity contribution is -0.147. The number of carbonyl (C=O) groups excluding carboxylic acids is 4. The third kappa shape index (κ3) is 6.25. The van der Waals surface area contributed by atoms with Crippen LogP contribution < -0.4 is 9.64 Å². The lowest BCUT2D eigenvalue weighted by Gasteiger charge is -2.18. The number of amides is 1. The van der Waals surface area contributed by atoms with Crippen LogP contribution in [-0.4, -0.2) is 36.8 Å². The Hall–Kier alpha value is -3.10. The Kier molecular flexibility index (Phi) is 8.39. The molecule has 11 heteroatoms. The molecule has 0 spiro atoms. The molecule has 0 bridgehead atoms. The van der Waals surface area contributed by atoms with Gasteiger partial charge in [-0.25, -0.2) is 4.79 Å². The van der Waals surface area contributed by atoms with Crippen LogP contribution in [0.15, 0.2) is 60.7 Å². The molecule has 0 saturated carbocycles. The number of hydrogen-bond donors (Lipinski definition) is 0. The van der Waals surface area contributed by atoms with E-state index in [1.807, 2.05) is 0 Å². The molecule has 3 aromatic rings. The number of rotatable bonds is 7. The fourth-order valence-corrected chi connectivity index (χ4v) is 4.55. The van der Waals surface area contributed by atoms with Gasteiger partial charge in [-0.05, 0) is 54.6 Å². The van der Waals surface area contributed by atoms with Gasteiger partial charge in [0.2, 0.25) is 5.91 Å². The molecule has 1 heterocycles. The van der Waals surface area contributed by atoms with Crippen LogP contribution in [0.1, 0.15) is 27.1 Å². The van der Waals surface area contributed by atoms with Crippen molar-refractivity contribution >= 4 is 75.7 Å². The minimum Gasteiger partial charge on any atom is -0.457 e. The highest BCUT2D eigenvalue weighted by Crippen LogP contribution is 2.36. The quantitative estimate of drug-likeness (QED) is 0.185. The molecule has 0 N–H and O–H groups in total. The molecular weight excluding hydrogens is 564 g/mol.